The third-order valence-corrected chi connectivity index (χ3v) is 3.88. The van der Waals surface area contributed by atoms with Crippen LogP contribution in [-0.2, 0) is 11.3 Å². The van der Waals surface area contributed by atoms with E-state index in [1.807, 2.05) is 6.92 Å². The Morgan fingerprint density at radius 3 is 2.76 bits per heavy atom. The van der Waals surface area contributed by atoms with E-state index in [2.05, 4.69) is 15.5 Å². The predicted molar refractivity (Wildman–Crippen MR) is 86.2 cm³/mol. The van der Waals surface area contributed by atoms with E-state index in [4.69, 9.17) is 9.47 Å². The lowest BCUT2D eigenvalue weighted by Crippen LogP contribution is -2.07. The van der Waals surface area contributed by atoms with Crippen LogP contribution in [0.4, 0.5) is 8.78 Å². The van der Waals surface area contributed by atoms with Crippen molar-refractivity contribution in [2.75, 3.05) is 6.73 Å². The first kappa shape index (κ1) is 15.4. The molecule has 0 aliphatic carbocycles. The van der Waals surface area contributed by atoms with Crippen molar-refractivity contribution < 1.29 is 18.3 Å². The average molecular weight is 344 g/mol. The molecule has 3 aromatic rings. The van der Waals surface area contributed by atoms with Crippen LogP contribution in [0.5, 0.6) is 5.75 Å². The Morgan fingerprint density at radius 2 is 2.04 bits per heavy atom. The van der Waals surface area contributed by atoms with Crippen LogP contribution in [0.3, 0.4) is 0 Å². The van der Waals surface area contributed by atoms with Gasteiger partial charge in [0.05, 0.1) is 11.3 Å². The average Bonchev–Trinajstić information content (AvgIpc) is 3.21. The number of nitrogens with zero attached hydrogens (tertiary/aromatic N) is 3. The molecule has 1 aromatic carbocycles. The molecule has 0 unspecified atom stereocenters. The quantitative estimate of drug-likeness (QED) is 0.791. The van der Waals surface area contributed by atoms with Gasteiger partial charge in [0.2, 0.25) is 0 Å². The Balaban J connectivity index is 1.70. The summed E-state index contributed by atoms with van der Waals surface area (Å²) < 4.78 is 40.4. The zero-order chi connectivity index (χ0) is 17.4. The van der Waals surface area contributed by atoms with E-state index in [0.717, 1.165) is 0 Å². The van der Waals surface area contributed by atoms with Gasteiger partial charge in [0.1, 0.15) is 23.9 Å². The molecular formula is C17H14F2N4O2. The maximum Gasteiger partial charge on any atom is 0.259 e. The summed E-state index contributed by atoms with van der Waals surface area (Å²) in [5.41, 5.74) is 4.53. The Bertz CT molecular complexity index is 964. The summed E-state index contributed by atoms with van der Waals surface area (Å²) in [6, 6.07) is 7.16. The molecule has 128 valence electrons. The van der Waals surface area contributed by atoms with Crippen LogP contribution in [0.25, 0.3) is 5.65 Å². The Kier molecular flexibility index (Phi) is 3.72. The lowest BCUT2D eigenvalue weighted by atomic mass is 10.2. The first-order valence-electron chi connectivity index (χ1n) is 7.62. The molecule has 1 aliphatic rings. The molecule has 0 radical (unpaired) electrons. The van der Waals surface area contributed by atoms with Gasteiger partial charge in [-0.15, -0.1) is 5.10 Å². The van der Waals surface area contributed by atoms with Crippen LogP contribution in [-0.4, -0.2) is 22.0 Å². The van der Waals surface area contributed by atoms with Gasteiger partial charge in [0.25, 0.3) is 5.90 Å². The second kappa shape index (κ2) is 6.04. The minimum absolute atomic E-state index is 0.124. The molecule has 0 atom stereocenters. The van der Waals surface area contributed by atoms with Gasteiger partial charge >= 0.3 is 0 Å². The summed E-state index contributed by atoms with van der Waals surface area (Å²) >= 11 is 0. The number of nitrogens with one attached hydrogen (secondary N) is 1. The summed E-state index contributed by atoms with van der Waals surface area (Å²) in [4.78, 5) is 4.48. The zero-order valence-electron chi connectivity index (χ0n) is 13.3. The first-order chi connectivity index (χ1) is 12.1. The molecule has 0 spiro atoms. The molecule has 2 aromatic heterocycles. The minimum atomic E-state index is -0.646. The summed E-state index contributed by atoms with van der Waals surface area (Å²) in [7, 11) is 0. The van der Waals surface area contributed by atoms with Crippen molar-refractivity contribution in [2.24, 2.45) is 5.10 Å². The minimum Gasteiger partial charge on any atom is -0.485 e. The number of benzene rings is 1. The van der Waals surface area contributed by atoms with Crippen molar-refractivity contribution >= 4 is 11.5 Å². The molecule has 0 saturated heterocycles. The van der Waals surface area contributed by atoms with Crippen LogP contribution in [0.1, 0.15) is 17.0 Å². The second-order valence-corrected chi connectivity index (χ2v) is 5.46. The highest BCUT2D eigenvalue weighted by Gasteiger charge is 2.21. The molecular weight excluding hydrogens is 330 g/mol. The summed E-state index contributed by atoms with van der Waals surface area (Å²) in [6.07, 6.45) is 1.80. The van der Waals surface area contributed by atoms with Gasteiger partial charge in [0.15, 0.2) is 18.1 Å². The predicted octanol–water partition coefficient (Wildman–Crippen LogP) is 2.74. The van der Waals surface area contributed by atoms with Crippen molar-refractivity contribution in [2.45, 2.75) is 13.5 Å². The number of ether oxygens (including phenoxy) is 2. The Morgan fingerprint density at radius 1 is 1.24 bits per heavy atom. The van der Waals surface area contributed by atoms with E-state index in [9.17, 15) is 8.78 Å². The van der Waals surface area contributed by atoms with Crippen molar-refractivity contribution in [3.8, 4) is 5.75 Å². The molecule has 0 amide bonds. The number of fused-ring (bicyclic) bond motifs is 1. The van der Waals surface area contributed by atoms with Crippen molar-refractivity contribution in [1.82, 2.24) is 14.8 Å². The fourth-order valence-corrected chi connectivity index (χ4v) is 2.70. The van der Waals surface area contributed by atoms with E-state index in [0.29, 0.717) is 35.4 Å². The van der Waals surface area contributed by atoms with Gasteiger partial charge in [-0.25, -0.2) is 13.8 Å². The fraction of sp³-hybridized carbons (Fsp3) is 0.176. The Labute approximate surface area is 141 Å². The summed E-state index contributed by atoms with van der Waals surface area (Å²) in [5.74, 6) is -0.452. The van der Waals surface area contributed by atoms with Gasteiger partial charge in [-0.05, 0) is 31.2 Å². The molecule has 6 nitrogen and oxygen atoms in total. The third kappa shape index (κ3) is 2.65. The van der Waals surface area contributed by atoms with E-state index >= 15 is 0 Å². The maximum absolute atomic E-state index is 13.8. The lowest BCUT2D eigenvalue weighted by molar-refractivity contribution is 0.294. The number of pyridine rings is 1. The standard InChI is InChI=1S/C17H14F2N4O2/c1-10-15(17-22-20-9-25-17)23-7-3-6-14(16(23)21-10)24-8-11-12(18)4-2-5-13(11)19/h2-7,20H,8-9H2,1H3. The van der Waals surface area contributed by atoms with Gasteiger partial charge in [-0.2, -0.15) is 0 Å². The molecule has 8 heteroatoms. The van der Waals surface area contributed by atoms with E-state index in [-0.39, 0.29) is 12.2 Å². The molecule has 0 fully saturated rings. The highest BCUT2D eigenvalue weighted by molar-refractivity contribution is 5.95. The van der Waals surface area contributed by atoms with Crippen LogP contribution in [0, 0.1) is 18.6 Å². The molecule has 1 aliphatic heterocycles. The number of aryl methyl sites for hydroxylation is 1. The molecule has 0 bridgehead atoms. The number of imidazole rings is 1. The fourth-order valence-electron chi connectivity index (χ4n) is 2.70. The highest BCUT2D eigenvalue weighted by Crippen LogP contribution is 2.25. The lowest BCUT2D eigenvalue weighted by Gasteiger charge is -2.09. The molecule has 0 saturated carbocycles. The van der Waals surface area contributed by atoms with Gasteiger partial charge in [-0.3, -0.25) is 9.83 Å². The van der Waals surface area contributed by atoms with Crippen molar-refractivity contribution in [3.05, 3.63) is 65.1 Å². The monoisotopic (exact) mass is 344 g/mol. The molecule has 3 heterocycles. The molecule has 1 N–H and O–H groups in total. The molecule has 25 heavy (non-hydrogen) atoms. The van der Waals surface area contributed by atoms with Crippen LogP contribution in [0.15, 0.2) is 41.6 Å². The maximum atomic E-state index is 13.8. The van der Waals surface area contributed by atoms with Crippen LogP contribution in [0.2, 0.25) is 0 Å². The topological polar surface area (TPSA) is 60.2 Å². The smallest absolute Gasteiger partial charge is 0.259 e. The van der Waals surface area contributed by atoms with Crippen molar-refractivity contribution in [3.63, 3.8) is 0 Å². The third-order valence-electron chi connectivity index (χ3n) is 3.88. The van der Waals surface area contributed by atoms with Crippen molar-refractivity contribution in [1.29, 1.82) is 0 Å². The SMILES string of the molecule is Cc1nc2c(OCc3c(F)cccc3F)cccn2c1C1=NNCO1. The summed E-state index contributed by atoms with van der Waals surface area (Å²) in [5, 5.41) is 4.08. The second-order valence-electron chi connectivity index (χ2n) is 5.46. The van der Waals surface area contributed by atoms with E-state index in [1.54, 1.807) is 22.7 Å². The molecule has 4 rings (SSSR count). The zero-order valence-corrected chi connectivity index (χ0v) is 13.3. The number of halogens is 2. The van der Waals surface area contributed by atoms with Gasteiger partial charge in [0, 0.05) is 6.20 Å². The van der Waals surface area contributed by atoms with E-state index < -0.39 is 11.6 Å². The van der Waals surface area contributed by atoms with Gasteiger partial charge in [-0.1, -0.05) is 6.07 Å². The van der Waals surface area contributed by atoms with Gasteiger partial charge < -0.3 is 9.47 Å². The number of rotatable bonds is 4. The Hall–Kier alpha value is -3.16. The number of hydrazone groups is 1. The summed E-state index contributed by atoms with van der Waals surface area (Å²) in [6.45, 7) is 1.88. The normalized spacial score (nSPS) is 13.5. The van der Waals surface area contributed by atoms with Crippen LogP contribution >= 0.6 is 0 Å². The first-order valence-corrected chi connectivity index (χ1v) is 7.62. The highest BCUT2D eigenvalue weighted by atomic mass is 19.1. The van der Waals surface area contributed by atoms with Crippen LogP contribution < -0.4 is 10.2 Å². The number of hydrogen-bond acceptors (Lipinski definition) is 5. The number of hydrogen-bond donors (Lipinski definition) is 1. The largest absolute Gasteiger partial charge is 0.485 e. The number of aromatic nitrogens is 2. The van der Waals surface area contributed by atoms with E-state index in [1.165, 1.54) is 18.2 Å².